The van der Waals surface area contributed by atoms with E-state index in [9.17, 15) is 31.1 Å². The zero-order valence-corrected chi connectivity index (χ0v) is 20.9. The number of rotatable bonds is 9. The predicted octanol–water partition coefficient (Wildman–Crippen LogP) is 5.17. The Hall–Kier alpha value is -3.78. The topological polar surface area (TPSA) is 93.9 Å². The highest BCUT2D eigenvalue weighted by Gasteiger charge is 2.48. The number of nitrogens with zero attached hydrogens (tertiary/aromatic N) is 5. The molecule has 0 fully saturated rings. The molecule has 0 saturated heterocycles. The van der Waals surface area contributed by atoms with E-state index in [1.54, 1.807) is 10.6 Å². The Morgan fingerprint density at radius 3 is 2.39 bits per heavy atom. The van der Waals surface area contributed by atoms with Crippen molar-refractivity contribution in [3.8, 4) is 22.9 Å². The Morgan fingerprint density at radius 1 is 1.13 bits per heavy atom. The van der Waals surface area contributed by atoms with E-state index in [0.717, 1.165) is 12.3 Å². The molecule has 0 saturated carbocycles. The van der Waals surface area contributed by atoms with Crippen molar-refractivity contribution in [2.75, 3.05) is 20.8 Å². The molecule has 0 aliphatic rings. The molecule has 38 heavy (non-hydrogen) atoms. The lowest BCUT2D eigenvalue weighted by atomic mass is 10.1. The Bertz CT molecular complexity index is 1260. The summed E-state index contributed by atoms with van der Waals surface area (Å²) in [6, 6.07) is -4.20. The van der Waals surface area contributed by atoms with Crippen LogP contribution in [0, 0.1) is 0 Å². The first-order valence-electron chi connectivity index (χ1n) is 11.4. The van der Waals surface area contributed by atoms with Gasteiger partial charge in [-0.15, -0.1) is 0 Å². The number of halogens is 6. The summed E-state index contributed by atoms with van der Waals surface area (Å²) in [6.07, 6.45) is -5.50. The summed E-state index contributed by atoms with van der Waals surface area (Å²) >= 11 is 0. The third kappa shape index (κ3) is 6.37. The number of hydrogen-bond donors (Lipinski definition) is 1. The van der Waals surface area contributed by atoms with Crippen LogP contribution in [0.5, 0.6) is 11.6 Å². The van der Waals surface area contributed by atoms with Crippen molar-refractivity contribution in [3.63, 3.8) is 0 Å². The summed E-state index contributed by atoms with van der Waals surface area (Å²) < 4.78 is 93.8. The van der Waals surface area contributed by atoms with Gasteiger partial charge in [0.05, 0.1) is 38.2 Å². The highest BCUT2D eigenvalue weighted by molar-refractivity contribution is 5.75. The van der Waals surface area contributed by atoms with E-state index in [0.29, 0.717) is 10.5 Å². The molecule has 3 aromatic rings. The van der Waals surface area contributed by atoms with Gasteiger partial charge in [0, 0.05) is 36.7 Å². The van der Waals surface area contributed by atoms with Crippen LogP contribution >= 0.6 is 0 Å². The van der Waals surface area contributed by atoms with E-state index in [1.807, 2.05) is 0 Å². The fourth-order valence-corrected chi connectivity index (χ4v) is 3.92. The maximum Gasteiger partial charge on any atom is 0.414 e. The Balaban J connectivity index is 2.08. The van der Waals surface area contributed by atoms with Crippen molar-refractivity contribution in [2.45, 2.75) is 51.1 Å². The van der Waals surface area contributed by atoms with Crippen molar-refractivity contribution < 1.29 is 40.6 Å². The number of methoxy groups -OCH3 is 2. The van der Waals surface area contributed by atoms with Gasteiger partial charge >= 0.3 is 18.4 Å². The number of hydrogen-bond acceptors (Lipinski definition) is 6. The second-order valence-electron chi connectivity index (χ2n) is 8.21. The molecule has 2 unspecified atom stereocenters. The summed E-state index contributed by atoms with van der Waals surface area (Å²) in [5, 5.41) is 2.07. The van der Waals surface area contributed by atoms with Gasteiger partial charge in [0.2, 0.25) is 0 Å². The number of fused-ring (bicyclic) bond motifs is 1. The molecule has 208 valence electrons. The number of carbonyl (C=O) groups is 1. The largest absolute Gasteiger partial charge is 0.494 e. The fourth-order valence-electron chi connectivity index (χ4n) is 3.92. The lowest BCUT2D eigenvalue weighted by Crippen LogP contribution is -2.50. The Kier molecular flexibility index (Phi) is 8.57. The molecular formula is C23H26F6N6O3. The van der Waals surface area contributed by atoms with E-state index in [-0.39, 0.29) is 29.3 Å². The average Bonchev–Trinajstić information content (AvgIpc) is 3.33. The van der Waals surface area contributed by atoms with Crippen LogP contribution in [-0.4, -0.2) is 69.4 Å². The van der Waals surface area contributed by atoms with E-state index in [2.05, 4.69) is 20.3 Å². The maximum absolute atomic E-state index is 14.4. The third-order valence-electron chi connectivity index (χ3n) is 5.72. The van der Waals surface area contributed by atoms with Gasteiger partial charge in [-0.25, -0.2) is 14.8 Å². The fraction of sp³-hybridized carbons (Fsp3) is 0.478. The number of carbonyl (C=O) groups excluding carboxylic acids is 1. The maximum atomic E-state index is 14.4. The average molecular weight is 548 g/mol. The summed E-state index contributed by atoms with van der Waals surface area (Å²) in [5.41, 5.74) is 0.0645. The summed E-state index contributed by atoms with van der Waals surface area (Å²) in [5.74, 6) is 0.192. The molecule has 2 amide bonds. The Morgan fingerprint density at radius 2 is 1.84 bits per heavy atom. The van der Waals surface area contributed by atoms with Crippen molar-refractivity contribution in [1.82, 2.24) is 29.6 Å². The highest BCUT2D eigenvalue weighted by atomic mass is 19.4. The molecule has 1 N–H and O–H groups in total. The van der Waals surface area contributed by atoms with Gasteiger partial charge in [-0.3, -0.25) is 4.98 Å². The molecule has 3 heterocycles. The second kappa shape index (κ2) is 11.3. The van der Waals surface area contributed by atoms with Crippen LogP contribution < -0.4 is 14.8 Å². The minimum absolute atomic E-state index is 0.0902. The van der Waals surface area contributed by atoms with Crippen LogP contribution in [0.1, 0.15) is 38.4 Å². The lowest BCUT2D eigenvalue weighted by Gasteiger charge is -2.33. The first kappa shape index (κ1) is 28.8. The normalized spacial score (nSPS) is 13.7. The number of aromatic nitrogens is 4. The summed E-state index contributed by atoms with van der Waals surface area (Å²) in [4.78, 5) is 25.5. The first-order valence-corrected chi connectivity index (χ1v) is 11.4. The molecule has 3 aromatic heterocycles. The molecule has 3 rings (SSSR count). The van der Waals surface area contributed by atoms with Crippen molar-refractivity contribution in [2.24, 2.45) is 0 Å². The van der Waals surface area contributed by atoms with E-state index in [4.69, 9.17) is 9.47 Å². The monoisotopic (exact) mass is 548 g/mol. The lowest BCUT2D eigenvalue weighted by molar-refractivity contribution is -0.179. The zero-order chi connectivity index (χ0) is 28.3. The van der Waals surface area contributed by atoms with E-state index < -0.39 is 49.1 Å². The van der Waals surface area contributed by atoms with Crippen molar-refractivity contribution in [1.29, 1.82) is 0 Å². The number of amides is 2. The predicted molar refractivity (Wildman–Crippen MR) is 124 cm³/mol. The van der Waals surface area contributed by atoms with Crippen LogP contribution in [0.15, 0.2) is 30.9 Å². The molecule has 0 aromatic carbocycles. The molecule has 0 aliphatic heterocycles. The number of nitrogens with one attached hydrogen (secondary N) is 1. The van der Waals surface area contributed by atoms with Gasteiger partial charge in [-0.2, -0.15) is 26.3 Å². The minimum atomic E-state index is -5.02. The number of imidazole rings is 1. The second-order valence-corrected chi connectivity index (χ2v) is 8.21. The third-order valence-corrected chi connectivity index (χ3v) is 5.72. The number of urea groups is 1. The number of ether oxygens (including phenoxy) is 2. The van der Waals surface area contributed by atoms with Gasteiger partial charge < -0.3 is 24.1 Å². The molecule has 0 spiro atoms. The minimum Gasteiger partial charge on any atom is -0.494 e. The molecule has 15 heteroatoms. The van der Waals surface area contributed by atoms with Crippen molar-refractivity contribution >= 4 is 11.7 Å². The van der Waals surface area contributed by atoms with E-state index in [1.165, 1.54) is 40.5 Å². The highest BCUT2D eigenvalue weighted by Crippen LogP contribution is 2.40. The SMILES string of the molecule is CCC(CC(F)(F)F)NC(=O)N(CC)C(c1cc(-c2cn3ccnc3c(OC)n2)c(OC)cn1)C(F)(F)F. The summed E-state index contributed by atoms with van der Waals surface area (Å²) in [6.45, 7) is 2.21. The van der Waals surface area contributed by atoms with Gasteiger partial charge in [0.25, 0.3) is 5.88 Å². The molecule has 0 aliphatic carbocycles. The van der Waals surface area contributed by atoms with Crippen LogP contribution in [-0.2, 0) is 0 Å². The van der Waals surface area contributed by atoms with Crippen LogP contribution in [0.25, 0.3) is 16.9 Å². The zero-order valence-electron chi connectivity index (χ0n) is 20.9. The van der Waals surface area contributed by atoms with Gasteiger partial charge in [0.1, 0.15) is 5.75 Å². The van der Waals surface area contributed by atoms with Crippen LogP contribution in [0.4, 0.5) is 31.1 Å². The quantitative estimate of drug-likeness (QED) is 0.371. The smallest absolute Gasteiger partial charge is 0.414 e. The van der Waals surface area contributed by atoms with Crippen LogP contribution in [0.3, 0.4) is 0 Å². The number of pyridine rings is 1. The standard InChI is InChI=1S/C23H26F6N6O3/c1-5-13(10-22(24,25)26)32-21(36)35(6-2)18(23(27,28)29)15-9-14(17(37-3)11-31-15)16-12-34-8-7-30-19(34)20(33-16)38-4/h7-9,11-13,18H,5-6,10H2,1-4H3,(H,32,36). The first-order chi connectivity index (χ1) is 17.8. The van der Waals surface area contributed by atoms with Crippen molar-refractivity contribution in [3.05, 3.63) is 36.5 Å². The molecule has 2 atom stereocenters. The van der Waals surface area contributed by atoms with E-state index >= 15 is 0 Å². The number of alkyl halides is 6. The molecular weight excluding hydrogens is 522 g/mol. The molecule has 9 nitrogen and oxygen atoms in total. The molecule has 0 bridgehead atoms. The Labute approximate surface area is 213 Å². The van der Waals surface area contributed by atoms with Crippen LogP contribution in [0.2, 0.25) is 0 Å². The van der Waals surface area contributed by atoms with Gasteiger partial charge in [-0.1, -0.05) is 6.92 Å². The van der Waals surface area contributed by atoms with Gasteiger partial charge in [-0.05, 0) is 19.4 Å². The van der Waals surface area contributed by atoms with Gasteiger partial charge in [0.15, 0.2) is 11.7 Å². The summed E-state index contributed by atoms with van der Waals surface area (Å²) in [7, 11) is 2.65. The molecule has 0 radical (unpaired) electrons.